The van der Waals surface area contributed by atoms with E-state index in [1.165, 1.54) is 22.8 Å². The molecule has 0 radical (unpaired) electrons. The summed E-state index contributed by atoms with van der Waals surface area (Å²) in [5.41, 5.74) is 1.02. The summed E-state index contributed by atoms with van der Waals surface area (Å²) >= 11 is 5.33. The van der Waals surface area contributed by atoms with Crippen LogP contribution in [-0.4, -0.2) is 33.8 Å². The lowest BCUT2D eigenvalue weighted by Crippen LogP contribution is -2.23. The summed E-state index contributed by atoms with van der Waals surface area (Å²) in [5.74, 6) is 0.185. The number of benzene rings is 2. The van der Waals surface area contributed by atoms with Gasteiger partial charge in [-0.2, -0.15) is 0 Å². The monoisotopic (exact) mass is 400 g/mol. The van der Waals surface area contributed by atoms with Gasteiger partial charge in [-0.1, -0.05) is 6.07 Å². The number of carbonyl (C=O) groups is 1. The Labute approximate surface area is 166 Å². The normalized spacial score (nSPS) is 10.8. The Morgan fingerprint density at radius 2 is 1.82 bits per heavy atom. The number of rotatable bonds is 7. The largest absolute Gasteiger partial charge is 0.490 e. The molecule has 28 heavy (non-hydrogen) atoms. The fourth-order valence-corrected chi connectivity index (χ4v) is 3.16. The van der Waals surface area contributed by atoms with Crippen molar-refractivity contribution < 1.29 is 19.4 Å². The standard InChI is InChI=1S/C20H20N2O5S/c1-3-26-16-8-5-12(9-17(16)27-4-2)11-22-18(23)14-7-6-13(19(24)25)10-15(14)21-20(22)28/h5-10H,3-4,11H2,1-2H3,(H,21,28)(H,24,25). The molecule has 3 aromatic rings. The number of hydrogen-bond donors (Lipinski definition) is 2. The van der Waals surface area contributed by atoms with Gasteiger partial charge in [0.1, 0.15) is 0 Å². The number of hydrogen-bond acceptors (Lipinski definition) is 5. The summed E-state index contributed by atoms with van der Waals surface area (Å²) in [6, 6.07) is 9.79. The Hall–Kier alpha value is -3.13. The molecule has 0 atom stereocenters. The summed E-state index contributed by atoms with van der Waals surface area (Å²) in [5, 5.41) is 9.49. The third-order valence-corrected chi connectivity index (χ3v) is 4.50. The van der Waals surface area contributed by atoms with Crippen LogP contribution in [-0.2, 0) is 6.54 Å². The van der Waals surface area contributed by atoms with E-state index in [4.69, 9.17) is 26.8 Å². The van der Waals surface area contributed by atoms with E-state index in [0.717, 1.165) is 5.56 Å². The zero-order chi connectivity index (χ0) is 20.3. The van der Waals surface area contributed by atoms with Crippen LogP contribution < -0.4 is 15.0 Å². The van der Waals surface area contributed by atoms with Crippen molar-refractivity contribution in [3.05, 3.63) is 62.6 Å². The highest BCUT2D eigenvalue weighted by molar-refractivity contribution is 7.71. The zero-order valence-electron chi connectivity index (χ0n) is 15.5. The molecular formula is C20H20N2O5S. The van der Waals surface area contributed by atoms with E-state index in [1.54, 1.807) is 0 Å². The number of H-pyrrole nitrogens is 1. The molecule has 2 N–H and O–H groups in total. The van der Waals surface area contributed by atoms with E-state index in [9.17, 15) is 9.59 Å². The Balaban J connectivity index is 2.04. The number of aromatic carboxylic acids is 1. The van der Waals surface area contributed by atoms with Gasteiger partial charge in [0.15, 0.2) is 16.3 Å². The smallest absolute Gasteiger partial charge is 0.335 e. The average molecular weight is 400 g/mol. The summed E-state index contributed by atoms with van der Waals surface area (Å²) in [6.45, 7) is 5.04. The van der Waals surface area contributed by atoms with Gasteiger partial charge >= 0.3 is 5.97 Å². The van der Waals surface area contributed by atoms with Crippen molar-refractivity contribution in [3.8, 4) is 11.5 Å². The van der Waals surface area contributed by atoms with E-state index < -0.39 is 5.97 Å². The van der Waals surface area contributed by atoms with Crippen LogP contribution in [0.4, 0.5) is 0 Å². The van der Waals surface area contributed by atoms with Crippen LogP contribution in [0.3, 0.4) is 0 Å². The molecule has 0 aliphatic heterocycles. The molecule has 3 rings (SSSR count). The summed E-state index contributed by atoms with van der Waals surface area (Å²) in [4.78, 5) is 27.0. The molecule has 0 aliphatic carbocycles. The molecule has 146 valence electrons. The van der Waals surface area contributed by atoms with Gasteiger partial charge in [0.25, 0.3) is 5.56 Å². The second-order valence-corrected chi connectivity index (χ2v) is 6.42. The van der Waals surface area contributed by atoms with Crippen LogP contribution in [0.15, 0.2) is 41.2 Å². The van der Waals surface area contributed by atoms with Crippen LogP contribution in [0.25, 0.3) is 10.9 Å². The van der Waals surface area contributed by atoms with Crippen molar-refractivity contribution in [3.63, 3.8) is 0 Å². The molecule has 0 unspecified atom stereocenters. The number of carboxylic acid groups (broad SMARTS) is 1. The number of nitrogens with one attached hydrogen (secondary N) is 1. The van der Waals surface area contributed by atoms with Crippen LogP contribution >= 0.6 is 12.2 Å². The zero-order valence-corrected chi connectivity index (χ0v) is 16.3. The lowest BCUT2D eigenvalue weighted by Gasteiger charge is -2.13. The summed E-state index contributed by atoms with van der Waals surface area (Å²) in [7, 11) is 0. The fraction of sp³-hybridized carbons (Fsp3) is 0.250. The first-order valence-electron chi connectivity index (χ1n) is 8.83. The predicted molar refractivity (Wildman–Crippen MR) is 108 cm³/mol. The Bertz CT molecular complexity index is 1150. The predicted octanol–water partition coefficient (Wildman–Crippen LogP) is 3.60. The molecule has 8 heteroatoms. The Morgan fingerprint density at radius 3 is 2.50 bits per heavy atom. The van der Waals surface area contributed by atoms with E-state index in [2.05, 4.69) is 4.98 Å². The van der Waals surface area contributed by atoms with E-state index >= 15 is 0 Å². The molecule has 0 fully saturated rings. The van der Waals surface area contributed by atoms with Gasteiger partial charge in [-0.25, -0.2) is 4.79 Å². The van der Waals surface area contributed by atoms with Gasteiger partial charge in [-0.15, -0.1) is 0 Å². The quantitative estimate of drug-likeness (QED) is 0.589. The van der Waals surface area contributed by atoms with Gasteiger partial charge in [0.2, 0.25) is 0 Å². The average Bonchev–Trinajstić information content (AvgIpc) is 2.67. The number of carboxylic acids is 1. The molecule has 2 aromatic carbocycles. The van der Waals surface area contributed by atoms with Crippen LogP contribution in [0, 0.1) is 4.77 Å². The first kappa shape index (κ1) is 19.6. The number of aromatic amines is 1. The second kappa shape index (κ2) is 8.26. The Kier molecular flexibility index (Phi) is 5.79. The van der Waals surface area contributed by atoms with Crippen LogP contribution in [0.2, 0.25) is 0 Å². The van der Waals surface area contributed by atoms with Crippen molar-refractivity contribution in [2.45, 2.75) is 20.4 Å². The molecule has 0 bridgehead atoms. The lowest BCUT2D eigenvalue weighted by molar-refractivity contribution is 0.0697. The molecule has 0 amide bonds. The highest BCUT2D eigenvalue weighted by atomic mass is 32.1. The molecule has 0 saturated carbocycles. The molecule has 1 heterocycles. The molecular weight excluding hydrogens is 380 g/mol. The van der Waals surface area contributed by atoms with Gasteiger partial charge in [-0.3, -0.25) is 9.36 Å². The number of aromatic nitrogens is 2. The maximum atomic E-state index is 12.9. The molecule has 1 aromatic heterocycles. The highest BCUT2D eigenvalue weighted by Crippen LogP contribution is 2.28. The van der Waals surface area contributed by atoms with Crippen LogP contribution in [0.5, 0.6) is 11.5 Å². The minimum atomic E-state index is -1.07. The van der Waals surface area contributed by atoms with Crippen molar-refractivity contribution in [2.24, 2.45) is 0 Å². The maximum absolute atomic E-state index is 12.9. The second-order valence-electron chi connectivity index (χ2n) is 6.03. The number of ether oxygens (including phenoxy) is 2. The fourth-order valence-electron chi connectivity index (χ4n) is 2.91. The van der Waals surface area contributed by atoms with Crippen molar-refractivity contribution in [1.29, 1.82) is 0 Å². The maximum Gasteiger partial charge on any atom is 0.335 e. The summed E-state index contributed by atoms with van der Waals surface area (Å²) < 4.78 is 12.8. The summed E-state index contributed by atoms with van der Waals surface area (Å²) in [6.07, 6.45) is 0. The van der Waals surface area contributed by atoms with Gasteiger partial charge in [-0.05, 0) is 62.0 Å². The van der Waals surface area contributed by atoms with Gasteiger partial charge in [0.05, 0.1) is 36.2 Å². The van der Waals surface area contributed by atoms with Crippen LogP contribution in [0.1, 0.15) is 29.8 Å². The van der Waals surface area contributed by atoms with Gasteiger partial charge in [0, 0.05) is 0 Å². The minimum Gasteiger partial charge on any atom is -0.490 e. The third kappa shape index (κ3) is 3.91. The third-order valence-electron chi connectivity index (χ3n) is 4.18. The first-order chi connectivity index (χ1) is 13.4. The first-order valence-corrected chi connectivity index (χ1v) is 9.24. The van der Waals surface area contributed by atoms with Crippen molar-refractivity contribution in [2.75, 3.05) is 13.2 Å². The minimum absolute atomic E-state index is 0.0863. The van der Waals surface area contributed by atoms with Crippen molar-refractivity contribution in [1.82, 2.24) is 9.55 Å². The molecule has 0 aliphatic rings. The SMILES string of the molecule is CCOc1ccc(Cn2c(=S)[nH]c3cc(C(=O)O)ccc3c2=O)cc1OCC. The topological polar surface area (TPSA) is 93.5 Å². The lowest BCUT2D eigenvalue weighted by atomic mass is 10.1. The number of fused-ring (bicyclic) bond motifs is 1. The molecule has 0 saturated heterocycles. The molecule has 0 spiro atoms. The molecule has 7 nitrogen and oxygen atoms in total. The number of nitrogens with zero attached hydrogens (tertiary/aromatic N) is 1. The highest BCUT2D eigenvalue weighted by Gasteiger charge is 2.11. The van der Waals surface area contributed by atoms with Crippen molar-refractivity contribution >= 4 is 29.1 Å². The Morgan fingerprint density at radius 1 is 1.11 bits per heavy atom. The van der Waals surface area contributed by atoms with E-state index in [-0.39, 0.29) is 22.4 Å². The van der Waals surface area contributed by atoms with Gasteiger partial charge < -0.3 is 19.6 Å². The van der Waals surface area contributed by atoms with E-state index in [0.29, 0.717) is 35.6 Å². The van der Waals surface area contributed by atoms with E-state index in [1.807, 2.05) is 32.0 Å².